The zero-order chi connectivity index (χ0) is 14.8. The van der Waals surface area contributed by atoms with Crippen molar-refractivity contribution in [2.45, 2.75) is 13.8 Å². The van der Waals surface area contributed by atoms with E-state index in [0.717, 1.165) is 22.7 Å². The number of aromatic nitrogens is 2. The number of rotatable bonds is 2. The van der Waals surface area contributed by atoms with E-state index in [1.807, 2.05) is 66.9 Å². The number of para-hydroxylation sites is 1. The zero-order valence-corrected chi connectivity index (χ0v) is 11.9. The molecule has 0 saturated carbocycles. The van der Waals surface area contributed by atoms with Crippen molar-refractivity contribution in [3.8, 4) is 0 Å². The summed E-state index contributed by atoms with van der Waals surface area (Å²) in [6, 6.07) is 12.8. The summed E-state index contributed by atoms with van der Waals surface area (Å²) >= 11 is 0. The molecule has 2 aromatic heterocycles. The molecule has 2 amide bonds. The summed E-state index contributed by atoms with van der Waals surface area (Å²) in [5.74, 6) is 0. The highest BCUT2D eigenvalue weighted by Crippen LogP contribution is 2.19. The highest BCUT2D eigenvalue weighted by Gasteiger charge is 2.10. The third kappa shape index (κ3) is 2.58. The number of anilines is 2. The second-order valence-electron chi connectivity index (χ2n) is 4.84. The Morgan fingerprint density at radius 2 is 1.81 bits per heavy atom. The zero-order valence-electron chi connectivity index (χ0n) is 11.9. The first-order valence-electron chi connectivity index (χ1n) is 6.72. The second kappa shape index (κ2) is 5.28. The van der Waals surface area contributed by atoms with E-state index in [1.165, 1.54) is 0 Å². The third-order valence-corrected chi connectivity index (χ3v) is 3.41. The Bertz CT molecular complexity index is 793. The van der Waals surface area contributed by atoms with Gasteiger partial charge in [-0.15, -0.1) is 0 Å². The van der Waals surface area contributed by atoms with E-state index >= 15 is 0 Å². The fourth-order valence-electron chi connectivity index (χ4n) is 2.20. The number of amides is 2. The van der Waals surface area contributed by atoms with Gasteiger partial charge in [0.1, 0.15) is 0 Å². The number of pyridine rings is 1. The van der Waals surface area contributed by atoms with Crippen LogP contribution in [-0.2, 0) is 0 Å². The summed E-state index contributed by atoms with van der Waals surface area (Å²) in [5.41, 5.74) is 4.19. The summed E-state index contributed by atoms with van der Waals surface area (Å²) < 4.78 is 1.97. The van der Waals surface area contributed by atoms with Crippen LogP contribution in [0, 0.1) is 13.8 Å². The fraction of sp³-hybridized carbons (Fsp3) is 0.125. The maximum atomic E-state index is 12.1. The highest BCUT2D eigenvalue weighted by molar-refractivity contribution is 6.01. The maximum Gasteiger partial charge on any atom is 0.323 e. The Balaban J connectivity index is 1.85. The quantitative estimate of drug-likeness (QED) is 0.753. The standard InChI is InChI=1S/C16H16N4O/c1-11-12(2)20-10-6-9-14(15(20)17-11)19-16(21)18-13-7-4-3-5-8-13/h3-10H,1-2H3,(H2,18,19,21). The average molecular weight is 280 g/mol. The summed E-state index contributed by atoms with van der Waals surface area (Å²) in [7, 11) is 0. The van der Waals surface area contributed by atoms with Crippen molar-refractivity contribution in [2.24, 2.45) is 0 Å². The van der Waals surface area contributed by atoms with Crippen molar-refractivity contribution >= 4 is 23.1 Å². The topological polar surface area (TPSA) is 58.4 Å². The molecule has 106 valence electrons. The van der Waals surface area contributed by atoms with Crippen LogP contribution in [0.25, 0.3) is 5.65 Å². The van der Waals surface area contributed by atoms with Crippen LogP contribution in [0.1, 0.15) is 11.4 Å². The van der Waals surface area contributed by atoms with Crippen molar-refractivity contribution in [3.63, 3.8) is 0 Å². The number of urea groups is 1. The molecule has 0 radical (unpaired) electrons. The van der Waals surface area contributed by atoms with Crippen LogP contribution < -0.4 is 10.6 Å². The number of hydrogen-bond donors (Lipinski definition) is 2. The molecule has 0 aliphatic rings. The van der Waals surface area contributed by atoms with Gasteiger partial charge in [0.15, 0.2) is 5.65 Å². The molecule has 1 aromatic carbocycles. The predicted molar refractivity (Wildman–Crippen MR) is 83.7 cm³/mol. The van der Waals surface area contributed by atoms with E-state index in [4.69, 9.17) is 0 Å². The molecule has 0 atom stereocenters. The summed E-state index contributed by atoms with van der Waals surface area (Å²) in [4.78, 5) is 16.6. The van der Waals surface area contributed by atoms with Crippen LogP contribution in [0.2, 0.25) is 0 Å². The molecule has 3 aromatic rings. The first-order valence-corrected chi connectivity index (χ1v) is 6.72. The molecule has 0 saturated heterocycles. The van der Waals surface area contributed by atoms with Crippen molar-refractivity contribution in [1.29, 1.82) is 0 Å². The molecule has 0 aliphatic heterocycles. The Morgan fingerprint density at radius 3 is 2.57 bits per heavy atom. The number of imidazole rings is 1. The predicted octanol–water partition coefficient (Wildman–Crippen LogP) is 3.60. The maximum absolute atomic E-state index is 12.1. The lowest BCUT2D eigenvalue weighted by Gasteiger charge is -2.08. The van der Waals surface area contributed by atoms with Gasteiger partial charge in [-0.25, -0.2) is 9.78 Å². The summed E-state index contributed by atoms with van der Waals surface area (Å²) in [6.45, 7) is 3.96. The lowest BCUT2D eigenvalue weighted by atomic mass is 10.3. The first-order chi connectivity index (χ1) is 10.1. The minimum Gasteiger partial charge on any atom is -0.308 e. The van der Waals surface area contributed by atoms with Crippen LogP contribution >= 0.6 is 0 Å². The van der Waals surface area contributed by atoms with E-state index in [1.54, 1.807) is 0 Å². The second-order valence-corrected chi connectivity index (χ2v) is 4.84. The molecule has 0 aliphatic carbocycles. The Hall–Kier alpha value is -2.82. The molecule has 5 nitrogen and oxygen atoms in total. The SMILES string of the molecule is Cc1nc2c(NC(=O)Nc3ccccc3)cccn2c1C. The third-order valence-electron chi connectivity index (χ3n) is 3.41. The average Bonchev–Trinajstić information content (AvgIpc) is 2.77. The number of benzene rings is 1. The number of nitrogens with one attached hydrogen (secondary N) is 2. The summed E-state index contributed by atoms with van der Waals surface area (Å²) in [5, 5.41) is 5.63. The monoisotopic (exact) mass is 280 g/mol. The number of hydrogen-bond acceptors (Lipinski definition) is 2. The van der Waals surface area contributed by atoms with Gasteiger partial charge in [0.25, 0.3) is 0 Å². The molecule has 0 bridgehead atoms. The minimum atomic E-state index is -0.285. The lowest BCUT2D eigenvalue weighted by Crippen LogP contribution is -2.19. The number of aryl methyl sites for hydroxylation is 2. The van der Waals surface area contributed by atoms with Crippen molar-refractivity contribution in [3.05, 3.63) is 60.0 Å². The molecule has 0 spiro atoms. The van der Waals surface area contributed by atoms with E-state index in [9.17, 15) is 4.79 Å². The lowest BCUT2D eigenvalue weighted by molar-refractivity contribution is 0.262. The van der Waals surface area contributed by atoms with Gasteiger partial charge in [0.05, 0.1) is 11.4 Å². The van der Waals surface area contributed by atoms with E-state index < -0.39 is 0 Å². The molecule has 0 unspecified atom stereocenters. The van der Waals surface area contributed by atoms with Crippen molar-refractivity contribution in [2.75, 3.05) is 10.6 Å². The normalized spacial score (nSPS) is 10.6. The Kier molecular flexibility index (Phi) is 3.31. The molecule has 21 heavy (non-hydrogen) atoms. The smallest absolute Gasteiger partial charge is 0.308 e. The number of carbonyl (C=O) groups excluding carboxylic acids is 1. The highest BCUT2D eigenvalue weighted by atomic mass is 16.2. The molecule has 2 N–H and O–H groups in total. The number of carbonyl (C=O) groups is 1. The van der Waals surface area contributed by atoms with Gasteiger partial charge < -0.3 is 15.0 Å². The van der Waals surface area contributed by atoms with Crippen LogP contribution in [-0.4, -0.2) is 15.4 Å². The van der Waals surface area contributed by atoms with Gasteiger partial charge >= 0.3 is 6.03 Å². The van der Waals surface area contributed by atoms with E-state index in [0.29, 0.717) is 5.69 Å². The minimum absolute atomic E-state index is 0.285. The van der Waals surface area contributed by atoms with Crippen molar-refractivity contribution in [1.82, 2.24) is 9.38 Å². The molecule has 5 heteroatoms. The molecule has 2 heterocycles. The van der Waals surface area contributed by atoms with Gasteiger partial charge in [-0.3, -0.25) is 0 Å². The molecular weight excluding hydrogens is 264 g/mol. The van der Waals surface area contributed by atoms with Gasteiger partial charge in [-0.1, -0.05) is 18.2 Å². The molecule has 3 rings (SSSR count). The van der Waals surface area contributed by atoms with Crippen molar-refractivity contribution < 1.29 is 4.79 Å². The molecular formula is C16H16N4O. The van der Waals surface area contributed by atoms with Crippen LogP contribution in [0.5, 0.6) is 0 Å². The Morgan fingerprint density at radius 1 is 1.05 bits per heavy atom. The fourth-order valence-corrected chi connectivity index (χ4v) is 2.20. The number of nitrogens with zero attached hydrogens (tertiary/aromatic N) is 2. The Labute approximate surface area is 122 Å². The molecule has 0 fully saturated rings. The van der Waals surface area contributed by atoms with Crippen LogP contribution in [0.3, 0.4) is 0 Å². The van der Waals surface area contributed by atoms with Gasteiger partial charge in [-0.2, -0.15) is 0 Å². The van der Waals surface area contributed by atoms with Gasteiger partial charge in [0.2, 0.25) is 0 Å². The van der Waals surface area contributed by atoms with E-state index in [2.05, 4.69) is 15.6 Å². The largest absolute Gasteiger partial charge is 0.323 e. The van der Waals surface area contributed by atoms with Crippen LogP contribution in [0.4, 0.5) is 16.2 Å². The van der Waals surface area contributed by atoms with Gasteiger partial charge in [-0.05, 0) is 38.1 Å². The summed E-state index contributed by atoms with van der Waals surface area (Å²) in [6.07, 6.45) is 1.94. The van der Waals surface area contributed by atoms with Crippen LogP contribution in [0.15, 0.2) is 48.7 Å². The number of fused-ring (bicyclic) bond motifs is 1. The van der Waals surface area contributed by atoms with Gasteiger partial charge in [0, 0.05) is 17.6 Å². The first kappa shape index (κ1) is 13.2. The van der Waals surface area contributed by atoms with E-state index in [-0.39, 0.29) is 6.03 Å².